The molecule has 2 rings (SSSR count). The summed E-state index contributed by atoms with van der Waals surface area (Å²) >= 11 is 0. The predicted molar refractivity (Wildman–Crippen MR) is 204 cm³/mol. The maximum absolute atomic E-state index is 13.1. The van der Waals surface area contributed by atoms with Crippen LogP contribution in [0.4, 0.5) is 0 Å². The smallest absolute Gasteiger partial charge is 0.310 e. The third-order valence-corrected chi connectivity index (χ3v) is 22.8. The van der Waals surface area contributed by atoms with Gasteiger partial charge in [0.1, 0.15) is 5.60 Å². The van der Waals surface area contributed by atoms with E-state index < -0.39 is 28.3 Å². The lowest BCUT2D eigenvalue weighted by atomic mass is 9.90. The van der Waals surface area contributed by atoms with Crippen LogP contribution in [-0.2, 0) is 39.1 Å². The van der Waals surface area contributed by atoms with Crippen molar-refractivity contribution in [2.45, 2.75) is 200 Å². The van der Waals surface area contributed by atoms with Crippen LogP contribution < -0.4 is 0 Å². The molecule has 0 aliphatic carbocycles. The molecular formula is C39H71NO7Si2. The second-order valence-electron chi connectivity index (χ2n) is 17.0. The standard InChI is InChI=1S/C39H71NO7Si2/c1-17-43-36(41)19-18-33-38(47-49(28(8)9,29(10)11)30(12)13)35(46-48(25(2)3,26(4)5)27(6)7)23-34(44-33)32-20-21-40-24-31(32)22-37(42)45-39(14,15)16/h20-21,24-30,33-35,38H,17-19,22-23H2,1-16H3/t33-,34?,35-,38-/m1/s1. The normalized spacial score (nSPS) is 21.0. The summed E-state index contributed by atoms with van der Waals surface area (Å²) in [5.41, 5.74) is 3.29. The minimum Gasteiger partial charge on any atom is -0.466 e. The van der Waals surface area contributed by atoms with Crippen molar-refractivity contribution in [2.24, 2.45) is 0 Å². The lowest BCUT2D eigenvalue weighted by Crippen LogP contribution is -2.61. The highest BCUT2D eigenvalue weighted by atomic mass is 28.4. The van der Waals surface area contributed by atoms with Crippen LogP contribution in [0.5, 0.6) is 0 Å². The first-order valence-electron chi connectivity index (χ1n) is 18.9. The Bertz CT molecular complexity index is 1150. The fourth-order valence-electron chi connectivity index (χ4n) is 8.87. The van der Waals surface area contributed by atoms with Crippen molar-refractivity contribution in [1.29, 1.82) is 0 Å². The van der Waals surface area contributed by atoms with Gasteiger partial charge in [-0.05, 0) is 84.6 Å². The molecule has 0 aromatic carbocycles. The fraction of sp³-hybridized carbons (Fsp3) is 0.821. The highest BCUT2D eigenvalue weighted by Crippen LogP contribution is 2.50. The van der Waals surface area contributed by atoms with E-state index in [0.717, 1.165) is 11.1 Å². The van der Waals surface area contributed by atoms with Crippen molar-refractivity contribution in [3.63, 3.8) is 0 Å². The van der Waals surface area contributed by atoms with Crippen LogP contribution in [0.1, 0.15) is 147 Å². The van der Waals surface area contributed by atoms with Gasteiger partial charge in [0.05, 0.1) is 37.4 Å². The molecule has 49 heavy (non-hydrogen) atoms. The van der Waals surface area contributed by atoms with E-state index in [1.54, 1.807) is 12.4 Å². The monoisotopic (exact) mass is 721 g/mol. The van der Waals surface area contributed by atoms with Crippen LogP contribution in [0.3, 0.4) is 0 Å². The molecule has 1 aromatic rings. The van der Waals surface area contributed by atoms with Gasteiger partial charge in [-0.1, -0.05) is 83.1 Å². The summed E-state index contributed by atoms with van der Waals surface area (Å²) in [6.45, 7) is 35.5. The summed E-state index contributed by atoms with van der Waals surface area (Å²) in [5, 5.41) is 0. The molecule has 1 aliphatic heterocycles. The van der Waals surface area contributed by atoms with Crippen LogP contribution in [0.15, 0.2) is 18.5 Å². The zero-order valence-corrected chi connectivity index (χ0v) is 35.8. The van der Waals surface area contributed by atoms with Gasteiger partial charge in [-0.15, -0.1) is 0 Å². The number of hydrogen-bond donors (Lipinski definition) is 0. The number of aromatic nitrogens is 1. The summed E-state index contributed by atoms with van der Waals surface area (Å²) < 4.78 is 33.6. The Labute approximate surface area is 301 Å². The number of hydrogen-bond acceptors (Lipinski definition) is 8. The van der Waals surface area contributed by atoms with E-state index in [0.29, 0.717) is 52.7 Å². The van der Waals surface area contributed by atoms with E-state index in [1.165, 1.54) is 0 Å². The third-order valence-electron chi connectivity index (χ3n) is 10.6. The van der Waals surface area contributed by atoms with Gasteiger partial charge in [-0.25, -0.2) is 0 Å². The van der Waals surface area contributed by atoms with Gasteiger partial charge in [0, 0.05) is 25.2 Å². The zero-order valence-electron chi connectivity index (χ0n) is 33.8. The maximum Gasteiger partial charge on any atom is 0.310 e. The number of carbonyl (C=O) groups excluding carboxylic acids is 2. The van der Waals surface area contributed by atoms with Crippen LogP contribution in [-0.4, -0.2) is 64.1 Å². The molecule has 1 saturated heterocycles. The first-order valence-corrected chi connectivity index (χ1v) is 23.2. The maximum atomic E-state index is 13.1. The van der Waals surface area contributed by atoms with Gasteiger partial charge in [-0.2, -0.15) is 0 Å². The molecule has 8 nitrogen and oxygen atoms in total. The molecule has 282 valence electrons. The second-order valence-corrected chi connectivity index (χ2v) is 27.8. The van der Waals surface area contributed by atoms with Crippen molar-refractivity contribution >= 4 is 28.6 Å². The van der Waals surface area contributed by atoms with E-state index in [2.05, 4.69) is 88.1 Å². The van der Waals surface area contributed by atoms with Gasteiger partial charge >= 0.3 is 11.9 Å². The van der Waals surface area contributed by atoms with Crippen molar-refractivity contribution in [1.82, 2.24) is 4.98 Å². The van der Waals surface area contributed by atoms with Crippen molar-refractivity contribution < 1.29 is 32.7 Å². The van der Waals surface area contributed by atoms with Gasteiger partial charge < -0.3 is 23.1 Å². The minimum atomic E-state index is -2.42. The highest BCUT2D eigenvalue weighted by Gasteiger charge is 2.55. The Morgan fingerprint density at radius 2 is 1.35 bits per heavy atom. The Balaban J connectivity index is 2.81. The number of rotatable bonds is 17. The molecule has 0 N–H and O–H groups in total. The van der Waals surface area contributed by atoms with Crippen molar-refractivity contribution in [3.05, 3.63) is 29.6 Å². The first-order chi connectivity index (χ1) is 22.6. The highest BCUT2D eigenvalue weighted by molar-refractivity contribution is 6.78. The molecule has 10 heteroatoms. The molecule has 4 atom stereocenters. The summed E-state index contributed by atoms with van der Waals surface area (Å²) in [6.07, 6.45) is 3.41. The lowest BCUT2D eigenvalue weighted by Gasteiger charge is -2.53. The van der Waals surface area contributed by atoms with Gasteiger partial charge in [0.2, 0.25) is 16.6 Å². The number of ether oxygens (including phenoxy) is 3. The van der Waals surface area contributed by atoms with Gasteiger partial charge in [-0.3, -0.25) is 14.6 Å². The quantitative estimate of drug-likeness (QED) is 0.116. The molecule has 0 spiro atoms. The Hall–Kier alpha value is -1.60. The molecule has 0 amide bonds. The fourth-order valence-corrected chi connectivity index (χ4v) is 20.0. The molecule has 0 bridgehead atoms. The van der Waals surface area contributed by atoms with E-state index in [-0.39, 0.29) is 43.1 Å². The largest absolute Gasteiger partial charge is 0.466 e. The van der Waals surface area contributed by atoms with Gasteiger partial charge in [0.25, 0.3) is 0 Å². The van der Waals surface area contributed by atoms with E-state index >= 15 is 0 Å². The average Bonchev–Trinajstić information content (AvgIpc) is 2.96. The molecule has 2 heterocycles. The summed E-state index contributed by atoms with van der Waals surface area (Å²) in [6, 6.07) is 1.96. The van der Waals surface area contributed by atoms with E-state index in [4.69, 9.17) is 23.1 Å². The minimum absolute atomic E-state index is 0.0893. The van der Waals surface area contributed by atoms with E-state index in [1.807, 2.05) is 33.8 Å². The van der Waals surface area contributed by atoms with Crippen LogP contribution in [0.25, 0.3) is 0 Å². The first kappa shape index (κ1) is 43.6. The Kier molecular flexibility index (Phi) is 16.2. The summed E-state index contributed by atoms with van der Waals surface area (Å²) in [4.78, 5) is 30.3. The van der Waals surface area contributed by atoms with Crippen LogP contribution >= 0.6 is 0 Å². The Morgan fingerprint density at radius 3 is 1.82 bits per heavy atom. The number of nitrogens with zero attached hydrogens (tertiary/aromatic N) is 1. The average molecular weight is 722 g/mol. The van der Waals surface area contributed by atoms with Crippen molar-refractivity contribution in [2.75, 3.05) is 6.61 Å². The molecular weight excluding hydrogens is 651 g/mol. The Morgan fingerprint density at radius 1 is 0.837 bits per heavy atom. The SMILES string of the molecule is CCOC(=O)CC[C@H]1OC(c2ccncc2CC(=O)OC(C)(C)C)C[C@@H](O[Si](C(C)C)(C(C)C)C(C)C)[C@@H]1O[Si](C(C)C)(C(C)C)C(C)C. The third kappa shape index (κ3) is 10.7. The predicted octanol–water partition coefficient (Wildman–Crippen LogP) is 10.3. The number of pyridine rings is 1. The van der Waals surface area contributed by atoms with Crippen LogP contribution in [0, 0.1) is 0 Å². The molecule has 1 aliphatic rings. The second kappa shape index (κ2) is 18.2. The summed E-state index contributed by atoms with van der Waals surface area (Å²) in [5.74, 6) is -0.549. The molecule has 0 saturated carbocycles. The summed E-state index contributed by atoms with van der Waals surface area (Å²) in [7, 11) is -4.81. The molecule has 1 aromatic heterocycles. The lowest BCUT2D eigenvalue weighted by molar-refractivity contribution is -0.169. The topological polar surface area (TPSA) is 93.2 Å². The molecule has 1 unspecified atom stereocenters. The van der Waals surface area contributed by atoms with Gasteiger partial charge in [0.15, 0.2) is 0 Å². The van der Waals surface area contributed by atoms with E-state index in [9.17, 15) is 9.59 Å². The van der Waals surface area contributed by atoms with Crippen LogP contribution in [0.2, 0.25) is 33.2 Å². The number of esters is 2. The molecule has 0 radical (unpaired) electrons. The zero-order chi connectivity index (χ0) is 37.5. The molecule has 1 fully saturated rings. The van der Waals surface area contributed by atoms with Crippen molar-refractivity contribution in [3.8, 4) is 0 Å². The number of carbonyl (C=O) groups is 2.